The molecule has 0 amide bonds. The maximum Gasteiger partial charge on any atom is 0.430 e. The molecule has 1 atom stereocenters. The Hall–Kier alpha value is -3.08. The molecule has 0 fully saturated rings. The largest absolute Gasteiger partial charge is 0.542 e. The van der Waals surface area contributed by atoms with E-state index < -0.39 is 24.2 Å². The summed E-state index contributed by atoms with van der Waals surface area (Å²) in [6.07, 6.45) is -2.00. The monoisotopic (exact) mass is 404 g/mol. The molecule has 0 aliphatic heterocycles. The first-order valence-corrected chi connectivity index (χ1v) is 8.10. The number of carbonyl (C=O) groups is 3. The molecule has 0 spiro atoms. The first-order valence-electron chi connectivity index (χ1n) is 8.10. The second kappa shape index (κ2) is 9.74. The van der Waals surface area contributed by atoms with Crippen LogP contribution in [-0.2, 0) is 20.8 Å². The Morgan fingerprint density at radius 1 is 1.32 bits per heavy atom. The summed E-state index contributed by atoms with van der Waals surface area (Å²) < 4.78 is 36.8. The summed E-state index contributed by atoms with van der Waals surface area (Å²) in [7, 11) is 0. The van der Waals surface area contributed by atoms with Crippen LogP contribution in [-0.4, -0.2) is 40.2 Å². The Morgan fingerprint density at radius 2 is 1.93 bits per heavy atom. The SMILES string of the molecule is CCCC(=O)Oc1ccc2[nH]cc(C[C@H]([NH3+])C(=O)O)c2c1.O=C([O-])C(F)(F)F. The number of fused-ring (bicyclic) bond motifs is 1. The van der Waals surface area contributed by atoms with Crippen molar-refractivity contribution in [2.45, 2.75) is 38.4 Å². The van der Waals surface area contributed by atoms with E-state index in [1.54, 1.807) is 18.3 Å². The molecule has 0 aliphatic carbocycles. The number of alkyl halides is 3. The molecule has 0 saturated carbocycles. The molecule has 0 saturated heterocycles. The number of quaternary nitrogens is 1. The van der Waals surface area contributed by atoms with Gasteiger partial charge in [0, 0.05) is 29.9 Å². The van der Waals surface area contributed by atoms with E-state index >= 15 is 0 Å². The second-order valence-corrected chi connectivity index (χ2v) is 5.77. The highest BCUT2D eigenvalue weighted by molar-refractivity contribution is 5.86. The Labute approximate surface area is 157 Å². The van der Waals surface area contributed by atoms with Crippen molar-refractivity contribution in [1.82, 2.24) is 4.98 Å². The molecule has 2 aromatic rings. The van der Waals surface area contributed by atoms with Crippen LogP contribution in [0.3, 0.4) is 0 Å². The molecule has 0 aliphatic rings. The van der Waals surface area contributed by atoms with Crippen LogP contribution in [0.2, 0.25) is 0 Å². The second-order valence-electron chi connectivity index (χ2n) is 5.77. The molecule has 154 valence electrons. The number of rotatable bonds is 6. The van der Waals surface area contributed by atoms with Gasteiger partial charge in [-0.3, -0.25) is 4.79 Å². The Kier molecular flexibility index (Phi) is 7.99. The third kappa shape index (κ3) is 6.91. The van der Waals surface area contributed by atoms with Crippen LogP contribution >= 0.6 is 0 Å². The zero-order chi connectivity index (χ0) is 21.5. The fraction of sp³-hybridized carbons (Fsp3) is 0.353. The molecule has 0 bridgehead atoms. The van der Waals surface area contributed by atoms with Gasteiger partial charge in [0.15, 0.2) is 6.04 Å². The Bertz CT molecular complexity index is 847. The minimum Gasteiger partial charge on any atom is -0.542 e. The maximum atomic E-state index is 11.5. The zero-order valence-electron chi connectivity index (χ0n) is 14.8. The molecule has 0 unspecified atom stereocenters. The first kappa shape index (κ1) is 23.0. The number of carboxylic acids is 2. The van der Waals surface area contributed by atoms with Crippen molar-refractivity contribution in [2.24, 2.45) is 0 Å². The number of H-pyrrole nitrogens is 1. The lowest BCUT2D eigenvalue weighted by atomic mass is 10.1. The predicted octanol–water partition coefficient (Wildman–Crippen LogP) is 0.410. The summed E-state index contributed by atoms with van der Waals surface area (Å²) in [4.78, 5) is 34.3. The number of nitrogens with one attached hydrogen (secondary N) is 1. The first-order chi connectivity index (χ1) is 13.0. The van der Waals surface area contributed by atoms with E-state index in [4.69, 9.17) is 19.7 Å². The minimum atomic E-state index is -5.19. The maximum absolute atomic E-state index is 11.5. The summed E-state index contributed by atoms with van der Waals surface area (Å²) in [6, 6.07) is 4.57. The van der Waals surface area contributed by atoms with Crippen LogP contribution < -0.4 is 15.6 Å². The summed E-state index contributed by atoms with van der Waals surface area (Å²) >= 11 is 0. The number of aromatic nitrogens is 1. The van der Waals surface area contributed by atoms with Gasteiger partial charge < -0.3 is 30.5 Å². The number of aromatic amines is 1. The zero-order valence-corrected chi connectivity index (χ0v) is 14.8. The summed E-state index contributed by atoms with van der Waals surface area (Å²) in [6.45, 7) is 1.91. The highest BCUT2D eigenvalue weighted by Crippen LogP contribution is 2.24. The predicted molar refractivity (Wildman–Crippen MR) is 87.9 cm³/mol. The van der Waals surface area contributed by atoms with Crippen molar-refractivity contribution in [1.29, 1.82) is 0 Å². The lowest BCUT2D eigenvalue weighted by molar-refractivity contribution is -0.407. The van der Waals surface area contributed by atoms with Crippen LogP contribution in [0.1, 0.15) is 25.3 Å². The van der Waals surface area contributed by atoms with Crippen molar-refractivity contribution in [2.75, 3.05) is 0 Å². The molecule has 8 nitrogen and oxygen atoms in total. The van der Waals surface area contributed by atoms with E-state index in [2.05, 4.69) is 10.7 Å². The molecule has 1 heterocycles. The van der Waals surface area contributed by atoms with Crippen LogP contribution in [0.15, 0.2) is 24.4 Å². The quantitative estimate of drug-likeness (QED) is 0.469. The number of carbonyl (C=O) groups excluding carboxylic acids is 2. The molecular formula is C17H19F3N2O6. The van der Waals surface area contributed by atoms with Gasteiger partial charge in [0.25, 0.3) is 0 Å². The minimum absolute atomic E-state index is 0.269. The lowest BCUT2D eigenvalue weighted by Gasteiger charge is -2.05. The fourth-order valence-electron chi connectivity index (χ4n) is 2.13. The summed E-state index contributed by atoms with van der Waals surface area (Å²) in [5, 5.41) is 18.6. The number of hydrogen-bond acceptors (Lipinski definition) is 5. The molecular weight excluding hydrogens is 385 g/mol. The van der Waals surface area contributed by atoms with E-state index in [1.807, 2.05) is 13.0 Å². The van der Waals surface area contributed by atoms with Crippen LogP contribution in [0, 0.1) is 0 Å². The number of halogens is 3. The average Bonchev–Trinajstić information content (AvgIpc) is 2.97. The van der Waals surface area contributed by atoms with Crippen molar-refractivity contribution in [3.05, 3.63) is 30.0 Å². The van der Waals surface area contributed by atoms with Gasteiger partial charge in [0.2, 0.25) is 0 Å². The molecule has 1 aromatic carbocycles. The van der Waals surface area contributed by atoms with Crippen molar-refractivity contribution in [3.63, 3.8) is 0 Å². The summed E-state index contributed by atoms with van der Waals surface area (Å²) in [5.74, 6) is -3.74. The number of esters is 1. The van der Waals surface area contributed by atoms with Crippen molar-refractivity contribution >= 4 is 28.8 Å². The third-order valence-electron chi connectivity index (χ3n) is 3.47. The van der Waals surface area contributed by atoms with Gasteiger partial charge in [-0.25, -0.2) is 4.79 Å². The fourth-order valence-corrected chi connectivity index (χ4v) is 2.13. The number of ether oxygens (including phenoxy) is 1. The van der Waals surface area contributed by atoms with Crippen molar-refractivity contribution < 1.29 is 48.2 Å². The normalized spacial score (nSPS) is 12.0. The van der Waals surface area contributed by atoms with Gasteiger partial charge in [0.05, 0.1) is 0 Å². The van der Waals surface area contributed by atoms with E-state index in [-0.39, 0.29) is 5.97 Å². The molecule has 0 radical (unpaired) electrons. The number of aliphatic carboxylic acids is 2. The van der Waals surface area contributed by atoms with E-state index in [9.17, 15) is 22.8 Å². The summed E-state index contributed by atoms with van der Waals surface area (Å²) in [5.41, 5.74) is 5.34. The van der Waals surface area contributed by atoms with Crippen LogP contribution in [0.25, 0.3) is 10.9 Å². The molecule has 2 rings (SSSR count). The van der Waals surface area contributed by atoms with E-state index in [0.717, 1.165) is 22.9 Å². The Morgan fingerprint density at radius 3 is 2.43 bits per heavy atom. The van der Waals surface area contributed by atoms with Gasteiger partial charge >= 0.3 is 18.1 Å². The topological polar surface area (TPSA) is 147 Å². The van der Waals surface area contributed by atoms with Gasteiger partial charge in [-0.15, -0.1) is 0 Å². The average molecular weight is 404 g/mol. The molecule has 5 N–H and O–H groups in total. The van der Waals surface area contributed by atoms with Crippen LogP contribution in [0.5, 0.6) is 5.75 Å². The highest BCUT2D eigenvalue weighted by atomic mass is 19.4. The molecule has 28 heavy (non-hydrogen) atoms. The molecule has 11 heteroatoms. The van der Waals surface area contributed by atoms with Gasteiger partial charge in [-0.05, 0) is 30.2 Å². The Balaban J connectivity index is 0.000000480. The number of benzene rings is 1. The molecule has 1 aromatic heterocycles. The third-order valence-corrected chi connectivity index (χ3v) is 3.47. The highest BCUT2D eigenvalue weighted by Gasteiger charge is 2.28. The standard InChI is InChI=1S/C15H18N2O4.C2HF3O2/c1-2-3-14(18)21-10-4-5-13-11(7-10)9(8-17-13)6-12(16)15(19)20;3-2(4,5)1(6)7/h4-5,7-8,12,17H,2-3,6,16H2,1H3,(H,19,20);(H,6,7)/t12-;/m0./s1. The van der Waals surface area contributed by atoms with Crippen molar-refractivity contribution in [3.8, 4) is 5.75 Å². The van der Waals surface area contributed by atoms with E-state index in [1.165, 1.54) is 0 Å². The van der Waals surface area contributed by atoms with E-state index in [0.29, 0.717) is 18.6 Å². The van der Waals surface area contributed by atoms with Gasteiger partial charge in [-0.2, -0.15) is 13.2 Å². The van der Waals surface area contributed by atoms with Crippen LogP contribution in [0.4, 0.5) is 13.2 Å². The lowest BCUT2D eigenvalue weighted by Crippen LogP contribution is -2.65. The van der Waals surface area contributed by atoms with Gasteiger partial charge in [0.1, 0.15) is 11.7 Å². The number of hydrogen-bond donors (Lipinski definition) is 3. The number of carboxylic acid groups (broad SMARTS) is 2. The smallest absolute Gasteiger partial charge is 0.430 e. The van der Waals surface area contributed by atoms with Gasteiger partial charge in [-0.1, -0.05) is 6.92 Å².